The molecule has 0 unspecified atom stereocenters. The first kappa shape index (κ1) is 22.0. The number of sulfonamides is 1. The van der Waals surface area contributed by atoms with Crippen molar-refractivity contribution in [2.24, 2.45) is 0 Å². The number of rotatable bonds is 6. The molecule has 1 amide bonds. The molecule has 2 rings (SSSR count). The summed E-state index contributed by atoms with van der Waals surface area (Å²) >= 11 is 6.02. The number of halogens is 4. The average Bonchev–Trinajstić information content (AvgIpc) is 2.59. The molecule has 0 bridgehead atoms. The molecule has 0 saturated carbocycles. The molecule has 0 aromatic heterocycles. The number of carbonyl (C=O) groups is 1. The Hall–Kier alpha value is -2.26. The summed E-state index contributed by atoms with van der Waals surface area (Å²) in [7, 11) is -3.80. The van der Waals surface area contributed by atoms with Crippen LogP contribution in [0.1, 0.15) is 16.7 Å². The predicted molar refractivity (Wildman–Crippen MR) is 102 cm³/mol. The maximum atomic E-state index is 12.8. The number of nitrogens with one attached hydrogen (secondary N) is 1. The van der Waals surface area contributed by atoms with Crippen molar-refractivity contribution in [2.75, 3.05) is 17.1 Å². The van der Waals surface area contributed by atoms with Crippen LogP contribution in [0.4, 0.5) is 18.9 Å². The molecule has 0 radical (unpaired) electrons. The molecule has 10 heteroatoms. The van der Waals surface area contributed by atoms with E-state index in [4.69, 9.17) is 11.6 Å². The number of benzene rings is 2. The lowest BCUT2D eigenvalue weighted by Crippen LogP contribution is -2.40. The van der Waals surface area contributed by atoms with Crippen molar-refractivity contribution in [3.05, 3.63) is 64.2 Å². The number of anilines is 1. The Morgan fingerprint density at radius 3 is 2.43 bits per heavy atom. The quantitative estimate of drug-likeness (QED) is 0.753. The average molecular weight is 435 g/mol. The molecule has 0 atom stereocenters. The van der Waals surface area contributed by atoms with Gasteiger partial charge in [0.15, 0.2) is 0 Å². The first-order valence-corrected chi connectivity index (χ1v) is 10.3. The Kier molecular flexibility index (Phi) is 6.61. The highest BCUT2D eigenvalue weighted by molar-refractivity contribution is 7.92. The van der Waals surface area contributed by atoms with Crippen molar-refractivity contribution in [3.63, 3.8) is 0 Å². The summed E-state index contributed by atoms with van der Waals surface area (Å²) in [6.07, 6.45) is -3.54. The fourth-order valence-electron chi connectivity index (χ4n) is 2.49. The van der Waals surface area contributed by atoms with E-state index in [1.54, 1.807) is 19.1 Å². The van der Waals surface area contributed by atoms with Gasteiger partial charge in [-0.3, -0.25) is 9.10 Å². The molecule has 28 heavy (non-hydrogen) atoms. The second-order valence-corrected chi connectivity index (χ2v) is 8.44. The van der Waals surface area contributed by atoms with Crippen LogP contribution in [0, 0.1) is 6.92 Å². The van der Waals surface area contributed by atoms with E-state index in [2.05, 4.69) is 5.32 Å². The van der Waals surface area contributed by atoms with E-state index in [1.165, 1.54) is 18.2 Å². The normalized spacial score (nSPS) is 11.9. The molecular weight excluding hydrogens is 417 g/mol. The predicted octanol–water partition coefficient (Wildman–Crippen LogP) is 3.75. The Morgan fingerprint density at radius 2 is 1.82 bits per heavy atom. The summed E-state index contributed by atoms with van der Waals surface area (Å²) in [4.78, 5) is 12.3. The van der Waals surface area contributed by atoms with Gasteiger partial charge in [-0.1, -0.05) is 29.8 Å². The molecule has 1 N–H and O–H groups in total. The Bertz CT molecular complexity index is 978. The maximum absolute atomic E-state index is 12.8. The molecule has 0 spiro atoms. The lowest BCUT2D eigenvalue weighted by Gasteiger charge is -2.24. The lowest BCUT2D eigenvalue weighted by atomic mass is 10.1. The van der Waals surface area contributed by atoms with E-state index in [-0.39, 0.29) is 17.8 Å². The van der Waals surface area contributed by atoms with Crippen LogP contribution in [-0.2, 0) is 27.5 Å². The zero-order valence-electron chi connectivity index (χ0n) is 15.0. The maximum Gasteiger partial charge on any atom is 0.416 e. The molecule has 0 heterocycles. The Morgan fingerprint density at radius 1 is 1.18 bits per heavy atom. The molecule has 152 valence electrons. The minimum atomic E-state index is -4.49. The zero-order chi connectivity index (χ0) is 21.1. The van der Waals surface area contributed by atoms with Crippen molar-refractivity contribution in [1.82, 2.24) is 5.32 Å². The van der Waals surface area contributed by atoms with E-state index in [9.17, 15) is 26.4 Å². The van der Waals surface area contributed by atoms with E-state index in [1.807, 2.05) is 0 Å². The Labute approximate surface area is 166 Å². The number of amides is 1. The number of carbonyl (C=O) groups excluding carboxylic acids is 1. The third-order valence-corrected chi connectivity index (χ3v) is 5.48. The fourth-order valence-corrected chi connectivity index (χ4v) is 3.57. The Balaban J connectivity index is 2.14. The summed E-state index contributed by atoms with van der Waals surface area (Å²) in [5, 5.41) is 2.78. The number of alkyl halides is 3. The molecule has 0 aliphatic carbocycles. The highest BCUT2D eigenvalue weighted by atomic mass is 35.5. The van der Waals surface area contributed by atoms with Crippen LogP contribution in [0.3, 0.4) is 0 Å². The molecule has 0 aliphatic heterocycles. The van der Waals surface area contributed by atoms with Gasteiger partial charge in [0.1, 0.15) is 6.54 Å². The van der Waals surface area contributed by atoms with Gasteiger partial charge in [-0.05, 0) is 42.3 Å². The molecular formula is C18H18ClF3N2O3S. The van der Waals surface area contributed by atoms with Crippen LogP contribution in [-0.4, -0.2) is 27.1 Å². The van der Waals surface area contributed by atoms with Crippen LogP contribution in [0.15, 0.2) is 42.5 Å². The van der Waals surface area contributed by atoms with Gasteiger partial charge in [-0.15, -0.1) is 0 Å². The minimum absolute atomic E-state index is 0.172. The zero-order valence-corrected chi connectivity index (χ0v) is 16.6. The molecule has 2 aromatic rings. The summed E-state index contributed by atoms with van der Waals surface area (Å²) in [5.74, 6) is -0.665. The smallest absolute Gasteiger partial charge is 0.350 e. The molecule has 0 aliphatic rings. The van der Waals surface area contributed by atoms with Crippen molar-refractivity contribution >= 4 is 33.2 Å². The largest absolute Gasteiger partial charge is 0.416 e. The number of nitrogens with zero attached hydrogens (tertiary/aromatic N) is 1. The van der Waals surface area contributed by atoms with Gasteiger partial charge >= 0.3 is 6.18 Å². The summed E-state index contributed by atoms with van der Waals surface area (Å²) in [6, 6.07) is 9.20. The van der Waals surface area contributed by atoms with Crippen LogP contribution < -0.4 is 9.62 Å². The number of hydrogen-bond acceptors (Lipinski definition) is 3. The van der Waals surface area contributed by atoms with Crippen molar-refractivity contribution in [2.45, 2.75) is 19.6 Å². The van der Waals surface area contributed by atoms with E-state index in [0.29, 0.717) is 10.6 Å². The molecule has 0 saturated heterocycles. The van der Waals surface area contributed by atoms with Crippen LogP contribution in [0.25, 0.3) is 0 Å². The minimum Gasteiger partial charge on any atom is -0.350 e. The fraction of sp³-hybridized carbons (Fsp3) is 0.278. The van der Waals surface area contributed by atoms with E-state index >= 15 is 0 Å². The molecule has 2 aromatic carbocycles. The second-order valence-electron chi connectivity index (χ2n) is 6.13. The van der Waals surface area contributed by atoms with Gasteiger partial charge in [-0.25, -0.2) is 8.42 Å². The van der Waals surface area contributed by atoms with Crippen molar-refractivity contribution in [3.8, 4) is 0 Å². The van der Waals surface area contributed by atoms with Gasteiger partial charge in [-0.2, -0.15) is 13.2 Å². The van der Waals surface area contributed by atoms with Crippen LogP contribution in [0.2, 0.25) is 5.02 Å². The van der Waals surface area contributed by atoms with Gasteiger partial charge in [0.2, 0.25) is 15.9 Å². The van der Waals surface area contributed by atoms with Crippen molar-refractivity contribution in [1.29, 1.82) is 0 Å². The summed E-state index contributed by atoms with van der Waals surface area (Å²) < 4.78 is 63.4. The van der Waals surface area contributed by atoms with Crippen LogP contribution in [0.5, 0.6) is 0 Å². The monoisotopic (exact) mass is 434 g/mol. The first-order valence-electron chi connectivity index (χ1n) is 8.05. The SMILES string of the molecule is Cc1c(Cl)cccc1N(CC(=O)NCc1cccc(C(F)(F)F)c1)S(C)(=O)=O. The van der Waals surface area contributed by atoms with E-state index in [0.717, 1.165) is 22.7 Å². The van der Waals surface area contributed by atoms with Gasteiger partial charge in [0.25, 0.3) is 0 Å². The number of hydrogen-bond donors (Lipinski definition) is 1. The second kappa shape index (κ2) is 8.40. The molecule has 5 nitrogen and oxygen atoms in total. The topological polar surface area (TPSA) is 66.5 Å². The van der Waals surface area contributed by atoms with E-state index < -0.39 is 34.2 Å². The third kappa shape index (κ3) is 5.62. The first-order chi connectivity index (χ1) is 12.9. The lowest BCUT2D eigenvalue weighted by molar-refractivity contribution is -0.137. The highest BCUT2D eigenvalue weighted by Gasteiger charge is 2.30. The van der Waals surface area contributed by atoms with Gasteiger partial charge in [0, 0.05) is 11.6 Å². The third-order valence-electron chi connectivity index (χ3n) is 3.94. The highest BCUT2D eigenvalue weighted by Crippen LogP contribution is 2.30. The summed E-state index contributed by atoms with van der Waals surface area (Å²) in [6.45, 7) is 0.921. The van der Waals surface area contributed by atoms with Gasteiger partial charge < -0.3 is 5.32 Å². The van der Waals surface area contributed by atoms with Gasteiger partial charge in [0.05, 0.1) is 17.5 Å². The molecule has 0 fully saturated rings. The summed E-state index contributed by atoms with van der Waals surface area (Å²) in [5.41, 5.74) is 0.157. The standard InChI is InChI=1S/C18H18ClF3N2O3S/c1-12-15(19)7-4-8-16(12)24(28(2,26)27)11-17(25)23-10-13-5-3-6-14(9-13)18(20,21)22/h3-9H,10-11H2,1-2H3,(H,23,25). The van der Waals surface area contributed by atoms with Crippen molar-refractivity contribution < 1.29 is 26.4 Å². The van der Waals surface area contributed by atoms with Crippen LogP contribution >= 0.6 is 11.6 Å².